The summed E-state index contributed by atoms with van der Waals surface area (Å²) in [6.45, 7) is 9.48. The first-order chi connectivity index (χ1) is 26.3. The molecule has 7 rings (SSSR count). The number of pyridine rings is 1. The minimum atomic E-state index is -1.02. The van der Waals surface area contributed by atoms with Gasteiger partial charge in [-0.3, -0.25) is 4.79 Å². The molecule has 1 aromatic carbocycles. The molecule has 12 atom stereocenters. The SMILES string of the molecule is CO[C@H]1CC2C=C[C@H]3[C@H]4O[C@]2(/C(C)=C/[C@@H](C)[C@@H]([C@@H](C)OC(=O)c2cccc(C[n+]5ccc(C(C)=O)cc5)c2)OC1=O)[C@@H]3[C@H](O)[C@@H](C)[C@H]4OC(=O)C1=CC=CC1. The molecule has 2 aromatic rings. The van der Waals surface area contributed by atoms with Crippen LogP contribution in [0.2, 0.25) is 0 Å². The lowest BCUT2D eigenvalue weighted by Crippen LogP contribution is -2.57. The van der Waals surface area contributed by atoms with Crippen molar-refractivity contribution in [3.8, 4) is 0 Å². The molecule has 290 valence electrons. The zero-order chi connectivity index (χ0) is 39.2. The van der Waals surface area contributed by atoms with E-state index in [0.29, 0.717) is 29.7 Å². The number of cyclic esters (lactones) is 1. The average Bonchev–Trinajstić information content (AvgIpc) is 3.77. The molecule has 3 heterocycles. The van der Waals surface area contributed by atoms with Crippen molar-refractivity contribution in [1.29, 1.82) is 0 Å². The first-order valence-electron chi connectivity index (χ1n) is 19.1. The molecule has 55 heavy (non-hydrogen) atoms. The summed E-state index contributed by atoms with van der Waals surface area (Å²) >= 11 is 0. The second-order valence-electron chi connectivity index (χ2n) is 15.7. The zero-order valence-corrected chi connectivity index (χ0v) is 32.1. The predicted octanol–water partition coefficient (Wildman–Crippen LogP) is 5.05. The first-order valence-corrected chi connectivity index (χ1v) is 19.1. The molecule has 11 heteroatoms. The fourth-order valence-corrected chi connectivity index (χ4v) is 9.39. The summed E-state index contributed by atoms with van der Waals surface area (Å²) in [5.74, 6) is -3.39. The summed E-state index contributed by atoms with van der Waals surface area (Å²) in [5, 5.41) is 12.0. The van der Waals surface area contributed by atoms with Crippen LogP contribution in [0.3, 0.4) is 0 Å². The number of ether oxygens (including phenoxy) is 5. The number of rotatable bonds is 9. The van der Waals surface area contributed by atoms with Gasteiger partial charge in [0.1, 0.15) is 30.0 Å². The number of allylic oxidation sites excluding steroid dienone is 3. The maximum absolute atomic E-state index is 13.8. The van der Waals surface area contributed by atoms with Crippen molar-refractivity contribution in [2.45, 2.75) is 96.2 Å². The Balaban J connectivity index is 1.14. The fourth-order valence-electron chi connectivity index (χ4n) is 9.39. The van der Waals surface area contributed by atoms with Gasteiger partial charge in [-0.2, -0.15) is 0 Å². The van der Waals surface area contributed by atoms with E-state index in [1.54, 1.807) is 43.3 Å². The second kappa shape index (κ2) is 15.4. The molecule has 5 aliphatic rings. The molecule has 4 bridgehead atoms. The van der Waals surface area contributed by atoms with Gasteiger partial charge < -0.3 is 28.8 Å². The monoisotopic (exact) mass is 752 g/mol. The van der Waals surface area contributed by atoms with Gasteiger partial charge in [-0.15, -0.1) is 0 Å². The number of hydrogen-bond donors (Lipinski definition) is 1. The number of hydrogen-bond acceptors (Lipinski definition) is 10. The largest absolute Gasteiger partial charge is 0.456 e. The maximum atomic E-state index is 13.8. The summed E-state index contributed by atoms with van der Waals surface area (Å²) in [7, 11) is 1.46. The highest BCUT2D eigenvalue weighted by Gasteiger charge is 2.69. The Labute approximate surface area is 321 Å². The third kappa shape index (κ3) is 7.14. The number of aliphatic hydroxyl groups excluding tert-OH is 1. The maximum Gasteiger partial charge on any atom is 0.338 e. The van der Waals surface area contributed by atoms with Crippen LogP contribution in [0.25, 0.3) is 0 Å². The summed E-state index contributed by atoms with van der Waals surface area (Å²) in [6, 6.07) is 10.6. The van der Waals surface area contributed by atoms with E-state index in [0.717, 1.165) is 11.1 Å². The predicted molar refractivity (Wildman–Crippen MR) is 199 cm³/mol. The van der Waals surface area contributed by atoms with Crippen LogP contribution in [0.5, 0.6) is 0 Å². The Bertz CT molecular complexity index is 1960. The molecule has 1 saturated heterocycles. The molecule has 11 nitrogen and oxygen atoms in total. The van der Waals surface area contributed by atoms with Crippen molar-refractivity contribution in [2.24, 2.45) is 29.6 Å². The quantitative estimate of drug-likeness (QED) is 0.122. The molecular weight excluding hydrogens is 702 g/mol. The third-order valence-electron chi connectivity index (χ3n) is 12.3. The topological polar surface area (TPSA) is 139 Å². The van der Waals surface area contributed by atoms with Crippen LogP contribution < -0.4 is 4.57 Å². The van der Waals surface area contributed by atoms with Crippen molar-refractivity contribution in [1.82, 2.24) is 0 Å². The molecule has 1 spiro atoms. The van der Waals surface area contributed by atoms with Crippen LogP contribution in [0.1, 0.15) is 73.7 Å². The number of benzene rings is 1. The highest BCUT2D eigenvalue weighted by molar-refractivity contribution is 5.93. The minimum Gasteiger partial charge on any atom is -0.456 e. The van der Waals surface area contributed by atoms with E-state index in [-0.39, 0.29) is 30.0 Å². The Morgan fingerprint density at radius 2 is 1.84 bits per heavy atom. The Hall–Kier alpha value is -4.71. The van der Waals surface area contributed by atoms with Crippen molar-refractivity contribution in [3.05, 3.63) is 113 Å². The molecule has 1 aromatic heterocycles. The molecular formula is C44H50NO10+. The summed E-state index contributed by atoms with van der Waals surface area (Å²) in [4.78, 5) is 52.3. The molecule has 0 radical (unpaired) electrons. The number of methoxy groups -OCH3 is 1. The highest BCUT2D eigenvalue weighted by atomic mass is 16.6. The van der Waals surface area contributed by atoms with Crippen LogP contribution in [0, 0.1) is 29.6 Å². The molecule has 2 aliphatic heterocycles. The Morgan fingerprint density at radius 1 is 1.07 bits per heavy atom. The van der Waals surface area contributed by atoms with E-state index < -0.39 is 72.0 Å². The smallest absolute Gasteiger partial charge is 0.338 e. The molecule has 2 fully saturated rings. The standard InChI is InChI=1S/C44H50NO10/c1-24-20-25(2)44-33(14-15-34-36(44)37(47)26(3)39(40(34)55-44)54-41(48)31-11-7-8-12-31)22-35(51-6)43(50)53-38(24)28(5)52-42(49)32-13-9-10-29(21-32)23-45-18-16-30(17-19-45)27(4)46/h7-11,13-21,24,26,28,33-40,47H,12,22-23H2,1-6H3/q+1/b25-20+/t24-,26-,28-,33?,34-,35+,36+,37-,38+,39-,40-,44+/m1/s1. The summed E-state index contributed by atoms with van der Waals surface area (Å²) < 4.78 is 33.0. The Kier molecular flexibility index (Phi) is 10.8. The van der Waals surface area contributed by atoms with Crippen molar-refractivity contribution < 1.29 is 52.5 Å². The average molecular weight is 753 g/mol. The van der Waals surface area contributed by atoms with Gasteiger partial charge in [0.2, 0.25) is 0 Å². The number of carbonyl (C=O) groups is 4. The number of carbonyl (C=O) groups excluding carboxylic acids is 4. The van der Waals surface area contributed by atoms with Crippen LogP contribution in [0.15, 0.2) is 96.4 Å². The molecule has 0 amide bonds. The first kappa shape index (κ1) is 38.6. The van der Waals surface area contributed by atoms with Crippen LogP contribution in [-0.4, -0.2) is 78.1 Å². The lowest BCUT2D eigenvalue weighted by Gasteiger charge is -2.49. The van der Waals surface area contributed by atoms with Gasteiger partial charge in [0.05, 0.1) is 11.7 Å². The number of esters is 3. The number of ketones is 1. The summed E-state index contributed by atoms with van der Waals surface area (Å²) in [6.07, 6.45) is 11.2. The van der Waals surface area contributed by atoms with E-state index >= 15 is 0 Å². The van der Waals surface area contributed by atoms with Crippen molar-refractivity contribution >= 4 is 23.7 Å². The van der Waals surface area contributed by atoms with Gasteiger partial charge in [-0.25, -0.2) is 19.0 Å². The number of nitrogens with zero attached hydrogens (tertiary/aromatic N) is 1. The van der Waals surface area contributed by atoms with E-state index in [1.165, 1.54) is 14.0 Å². The fraction of sp³-hybridized carbons (Fsp3) is 0.477. The number of Topliss-reactive ketones (excluding diaryl/α,β-unsaturated/α-hetero) is 1. The second-order valence-corrected chi connectivity index (χ2v) is 15.7. The normalized spacial score (nSPS) is 35.1. The van der Waals surface area contributed by atoms with Gasteiger partial charge in [0.25, 0.3) is 0 Å². The van der Waals surface area contributed by atoms with Gasteiger partial charge in [0, 0.05) is 65.5 Å². The van der Waals surface area contributed by atoms with Gasteiger partial charge in [-0.1, -0.05) is 62.4 Å². The van der Waals surface area contributed by atoms with Crippen LogP contribution in [-0.2, 0) is 39.8 Å². The summed E-state index contributed by atoms with van der Waals surface area (Å²) in [5.41, 5.74) is 2.21. The van der Waals surface area contributed by atoms with E-state index in [9.17, 15) is 24.3 Å². The van der Waals surface area contributed by atoms with Gasteiger partial charge >= 0.3 is 17.9 Å². The Morgan fingerprint density at radius 3 is 2.53 bits per heavy atom. The molecule has 1 saturated carbocycles. The van der Waals surface area contributed by atoms with Crippen molar-refractivity contribution in [2.75, 3.05) is 7.11 Å². The highest BCUT2D eigenvalue weighted by Crippen LogP contribution is 2.61. The van der Waals surface area contributed by atoms with Crippen LogP contribution in [0.4, 0.5) is 0 Å². The molecule has 1 N–H and O–H groups in total. The van der Waals surface area contributed by atoms with Crippen molar-refractivity contribution in [3.63, 3.8) is 0 Å². The zero-order valence-electron chi connectivity index (χ0n) is 32.1. The van der Waals surface area contributed by atoms with E-state index in [1.807, 2.05) is 74.2 Å². The number of aliphatic hydroxyl groups is 1. The van der Waals surface area contributed by atoms with E-state index in [4.69, 9.17) is 23.7 Å². The number of aromatic nitrogens is 1. The van der Waals surface area contributed by atoms with Gasteiger partial charge in [0.15, 0.2) is 30.8 Å². The molecule has 3 aliphatic carbocycles. The van der Waals surface area contributed by atoms with Crippen LogP contribution >= 0.6 is 0 Å². The lowest BCUT2D eigenvalue weighted by molar-refractivity contribution is -0.688. The van der Waals surface area contributed by atoms with E-state index in [2.05, 4.69) is 0 Å². The third-order valence-corrected chi connectivity index (χ3v) is 12.3. The minimum absolute atomic E-state index is 0.0140. The lowest BCUT2D eigenvalue weighted by atomic mass is 9.57. The molecule has 1 unspecified atom stereocenters. The van der Waals surface area contributed by atoms with Gasteiger partial charge in [-0.05, 0) is 51.3 Å².